The van der Waals surface area contributed by atoms with E-state index < -0.39 is 0 Å². The van der Waals surface area contributed by atoms with Gasteiger partial charge in [-0.3, -0.25) is 14.4 Å². The molecular weight excluding hydrogens is 288 g/mol. The van der Waals surface area contributed by atoms with Gasteiger partial charge < -0.3 is 15.7 Å². The van der Waals surface area contributed by atoms with Gasteiger partial charge in [0.2, 0.25) is 11.8 Å². The highest BCUT2D eigenvalue weighted by Gasteiger charge is 2.11. The van der Waals surface area contributed by atoms with E-state index in [2.05, 4.69) is 20.8 Å². The minimum absolute atomic E-state index is 0.0510. The van der Waals surface area contributed by atoms with Crippen LogP contribution in [0.2, 0.25) is 0 Å². The fourth-order valence-corrected chi connectivity index (χ4v) is 1.96. The van der Waals surface area contributed by atoms with Crippen molar-refractivity contribution in [1.82, 2.24) is 20.8 Å². The number of aromatic amines is 1. The van der Waals surface area contributed by atoms with E-state index in [0.717, 1.165) is 0 Å². The summed E-state index contributed by atoms with van der Waals surface area (Å²) in [5.41, 5.74) is 0.117. The first-order valence-electron chi connectivity index (χ1n) is 6.72. The van der Waals surface area contributed by atoms with E-state index in [-0.39, 0.29) is 43.5 Å². The maximum atomic E-state index is 11.8. The second kappa shape index (κ2) is 7.32. The number of benzene rings is 1. The Kier molecular flexibility index (Phi) is 5.21. The highest BCUT2D eigenvalue weighted by molar-refractivity contribution is 5.90. The summed E-state index contributed by atoms with van der Waals surface area (Å²) in [5.74, 6) is -0.773. The summed E-state index contributed by atoms with van der Waals surface area (Å²) in [5, 5.41) is 20.7. The highest BCUT2D eigenvalue weighted by atomic mass is 16.3. The Balaban J connectivity index is 2.02. The molecule has 2 aromatic rings. The largest absolute Gasteiger partial charge is 0.395 e. The van der Waals surface area contributed by atoms with Crippen LogP contribution < -0.4 is 16.2 Å². The van der Waals surface area contributed by atoms with E-state index in [0.29, 0.717) is 16.5 Å². The molecule has 1 aromatic carbocycles. The van der Waals surface area contributed by atoms with E-state index in [4.69, 9.17) is 5.11 Å². The second-order valence-corrected chi connectivity index (χ2v) is 4.57. The lowest BCUT2D eigenvalue weighted by Crippen LogP contribution is -2.38. The van der Waals surface area contributed by atoms with Gasteiger partial charge in [0, 0.05) is 11.9 Å². The van der Waals surface area contributed by atoms with Crippen molar-refractivity contribution in [3.05, 3.63) is 40.3 Å². The van der Waals surface area contributed by atoms with Gasteiger partial charge >= 0.3 is 0 Å². The maximum Gasteiger partial charge on any atom is 0.272 e. The summed E-state index contributed by atoms with van der Waals surface area (Å²) in [7, 11) is 0. The molecule has 0 atom stereocenters. The topological polar surface area (TPSA) is 124 Å². The molecule has 0 fully saturated rings. The fraction of sp³-hybridized carbons (Fsp3) is 0.286. The lowest BCUT2D eigenvalue weighted by atomic mass is 10.1. The second-order valence-electron chi connectivity index (χ2n) is 4.57. The number of aliphatic hydroxyl groups excluding tert-OH is 1. The Morgan fingerprint density at radius 3 is 2.59 bits per heavy atom. The summed E-state index contributed by atoms with van der Waals surface area (Å²) in [6.45, 7) is -0.200. The minimum atomic E-state index is -0.387. The van der Waals surface area contributed by atoms with Crippen LogP contribution in [0.1, 0.15) is 5.69 Å². The highest BCUT2D eigenvalue weighted by Crippen LogP contribution is 2.12. The molecule has 0 saturated heterocycles. The van der Waals surface area contributed by atoms with Crippen LogP contribution in [-0.2, 0) is 16.0 Å². The number of aromatic nitrogens is 2. The summed E-state index contributed by atoms with van der Waals surface area (Å²) in [4.78, 5) is 34.8. The predicted molar refractivity (Wildman–Crippen MR) is 79.2 cm³/mol. The number of H-pyrrole nitrogens is 1. The standard InChI is InChI=1S/C14H16N4O4/c19-6-5-15-13(21)8-16-12(20)7-11-9-3-1-2-4-10(9)14(22)18-17-11/h1-4,19H,5-8H2,(H,15,21)(H,16,20)(H,18,22). The number of nitrogens with zero attached hydrogens (tertiary/aromatic N) is 1. The smallest absolute Gasteiger partial charge is 0.272 e. The summed E-state index contributed by atoms with van der Waals surface area (Å²) < 4.78 is 0. The minimum Gasteiger partial charge on any atom is -0.395 e. The van der Waals surface area contributed by atoms with Crippen molar-refractivity contribution in [2.45, 2.75) is 6.42 Å². The van der Waals surface area contributed by atoms with Crippen molar-refractivity contribution >= 4 is 22.6 Å². The molecule has 0 unspecified atom stereocenters. The van der Waals surface area contributed by atoms with Gasteiger partial charge in [0.25, 0.3) is 5.56 Å². The predicted octanol–water partition coefficient (Wildman–Crippen LogP) is -1.31. The van der Waals surface area contributed by atoms with Crippen molar-refractivity contribution in [3.8, 4) is 0 Å². The molecule has 1 aromatic heterocycles. The fourth-order valence-electron chi connectivity index (χ4n) is 1.96. The van der Waals surface area contributed by atoms with Crippen LogP contribution in [-0.4, -0.2) is 46.8 Å². The van der Waals surface area contributed by atoms with Gasteiger partial charge in [0.15, 0.2) is 0 Å². The third kappa shape index (κ3) is 3.89. The molecule has 0 aliphatic heterocycles. The molecule has 8 nitrogen and oxygen atoms in total. The van der Waals surface area contributed by atoms with Gasteiger partial charge in [-0.05, 0) is 6.07 Å². The van der Waals surface area contributed by atoms with Gasteiger partial charge in [0.05, 0.1) is 30.7 Å². The molecule has 0 bridgehead atoms. The lowest BCUT2D eigenvalue weighted by Gasteiger charge is -2.07. The third-order valence-electron chi connectivity index (χ3n) is 2.98. The molecule has 2 amide bonds. The van der Waals surface area contributed by atoms with Crippen molar-refractivity contribution in [2.75, 3.05) is 19.7 Å². The average Bonchev–Trinajstić information content (AvgIpc) is 2.54. The number of carbonyl (C=O) groups is 2. The monoisotopic (exact) mass is 304 g/mol. The number of aliphatic hydroxyl groups is 1. The van der Waals surface area contributed by atoms with E-state index in [1.54, 1.807) is 24.3 Å². The van der Waals surface area contributed by atoms with E-state index in [9.17, 15) is 14.4 Å². The molecule has 0 spiro atoms. The summed E-state index contributed by atoms with van der Waals surface area (Å²) in [6, 6.07) is 6.86. The number of amides is 2. The SMILES string of the molecule is O=C(CNC(=O)Cc1n[nH]c(=O)c2ccccc12)NCCO. The Bertz CT molecular complexity index is 741. The Morgan fingerprint density at radius 2 is 1.86 bits per heavy atom. The number of carbonyl (C=O) groups excluding carboxylic acids is 2. The molecule has 116 valence electrons. The zero-order valence-corrected chi connectivity index (χ0v) is 11.8. The molecule has 22 heavy (non-hydrogen) atoms. The van der Waals surface area contributed by atoms with Gasteiger partial charge in [-0.25, -0.2) is 5.10 Å². The maximum absolute atomic E-state index is 11.8. The molecule has 1 heterocycles. The zero-order chi connectivity index (χ0) is 15.9. The molecule has 8 heteroatoms. The normalized spacial score (nSPS) is 10.4. The number of rotatable bonds is 6. The summed E-state index contributed by atoms with van der Waals surface area (Å²) >= 11 is 0. The van der Waals surface area contributed by atoms with Crippen molar-refractivity contribution in [2.24, 2.45) is 0 Å². The van der Waals surface area contributed by atoms with Gasteiger partial charge in [-0.15, -0.1) is 0 Å². The van der Waals surface area contributed by atoms with Gasteiger partial charge in [0.1, 0.15) is 0 Å². The number of nitrogens with one attached hydrogen (secondary N) is 3. The number of hydrogen-bond donors (Lipinski definition) is 4. The summed E-state index contributed by atoms with van der Waals surface area (Å²) in [6.07, 6.45) is -0.0510. The van der Waals surface area contributed by atoms with Crippen molar-refractivity contribution < 1.29 is 14.7 Å². The third-order valence-corrected chi connectivity index (χ3v) is 2.98. The van der Waals surface area contributed by atoms with Crippen LogP contribution in [0, 0.1) is 0 Å². The number of hydrogen-bond acceptors (Lipinski definition) is 5. The molecule has 2 rings (SSSR count). The van der Waals surface area contributed by atoms with Crippen molar-refractivity contribution in [3.63, 3.8) is 0 Å². The molecule has 0 saturated carbocycles. The Morgan fingerprint density at radius 1 is 1.14 bits per heavy atom. The average molecular weight is 304 g/mol. The lowest BCUT2D eigenvalue weighted by molar-refractivity contribution is -0.125. The quantitative estimate of drug-likeness (QED) is 0.527. The van der Waals surface area contributed by atoms with Crippen LogP contribution in [0.5, 0.6) is 0 Å². The van der Waals surface area contributed by atoms with Crippen LogP contribution in [0.15, 0.2) is 29.1 Å². The Labute approximate surface area is 125 Å². The van der Waals surface area contributed by atoms with E-state index in [1.807, 2.05) is 0 Å². The molecule has 0 aliphatic rings. The van der Waals surface area contributed by atoms with Gasteiger partial charge in [-0.2, -0.15) is 5.10 Å². The molecular formula is C14H16N4O4. The van der Waals surface area contributed by atoms with Crippen LogP contribution in [0.25, 0.3) is 10.8 Å². The first-order chi connectivity index (χ1) is 10.6. The van der Waals surface area contributed by atoms with Crippen LogP contribution >= 0.6 is 0 Å². The van der Waals surface area contributed by atoms with Crippen molar-refractivity contribution in [1.29, 1.82) is 0 Å². The Hall–Kier alpha value is -2.74. The van der Waals surface area contributed by atoms with E-state index in [1.165, 1.54) is 0 Å². The van der Waals surface area contributed by atoms with Gasteiger partial charge in [-0.1, -0.05) is 18.2 Å². The van der Waals surface area contributed by atoms with Crippen LogP contribution in [0.4, 0.5) is 0 Å². The first kappa shape index (κ1) is 15.6. The molecule has 0 radical (unpaired) electrons. The number of fused-ring (bicyclic) bond motifs is 1. The van der Waals surface area contributed by atoms with E-state index >= 15 is 0 Å². The molecule has 4 N–H and O–H groups in total. The zero-order valence-electron chi connectivity index (χ0n) is 11.8. The molecule has 0 aliphatic carbocycles. The first-order valence-corrected chi connectivity index (χ1v) is 6.72. The van der Waals surface area contributed by atoms with Crippen LogP contribution in [0.3, 0.4) is 0 Å².